The van der Waals surface area contributed by atoms with Crippen LogP contribution < -0.4 is 0 Å². The van der Waals surface area contributed by atoms with E-state index in [9.17, 15) is 9.59 Å². The number of carbonyl (C=O) groups is 2. The average Bonchev–Trinajstić information content (AvgIpc) is 3.09. The first-order valence-corrected chi connectivity index (χ1v) is 6.94. The highest BCUT2D eigenvalue weighted by atomic mass is 16.5. The Labute approximate surface area is 110 Å². The summed E-state index contributed by atoms with van der Waals surface area (Å²) in [6.07, 6.45) is 2.93. The molecule has 0 aromatic heterocycles. The number of rotatable bonds is 9. The standard InChI is InChI=1S/C14H25NO3/c1-4-18-14(17)8-7-13(16)10-15(9-11(2)3)12-5-6-12/h11-12H,4-10H2,1-3H3. The summed E-state index contributed by atoms with van der Waals surface area (Å²) in [5.74, 6) is 0.451. The van der Waals surface area contributed by atoms with E-state index in [1.807, 2.05) is 0 Å². The lowest BCUT2D eigenvalue weighted by molar-refractivity contribution is -0.144. The van der Waals surface area contributed by atoms with Crippen molar-refractivity contribution in [1.29, 1.82) is 0 Å². The molecule has 0 N–H and O–H groups in total. The first kappa shape index (κ1) is 15.2. The Morgan fingerprint density at radius 1 is 1.28 bits per heavy atom. The highest BCUT2D eigenvalue weighted by molar-refractivity contribution is 5.84. The lowest BCUT2D eigenvalue weighted by Crippen LogP contribution is -2.35. The predicted molar refractivity (Wildman–Crippen MR) is 70.3 cm³/mol. The van der Waals surface area contributed by atoms with Gasteiger partial charge in [-0.05, 0) is 25.7 Å². The summed E-state index contributed by atoms with van der Waals surface area (Å²) in [4.78, 5) is 25.3. The Morgan fingerprint density at radius 2 is 1.94 bits per heavy atom. The predicted octanol–water partition coefficient (Wildman–Crippen LogP) is 2.02. The third kappa shape index (κ3) is 6.15. The Balaban J connectivity index is 2.26. The number of ether oxygens (including phenoxy) is 1. The van der Waals surface area contributed by atoms with E-state index < -0.39 is 0 Å². The van der Waals surface area contributed by atoms with Crippen LogP contribution >= 0.6 is 0 Å². The number of esters is 1. The Hall–Kier alpha value is -0.900. The van der Waals surface area contributed by atoms with Gasteiger partial charge in [-0.15, -0.1) is 0 Å². The number of nitrogens with zero attached hydrogens (tertiary/aromatic N) is 1. The summed E-state index contributed by atoms with van der Waals surface area (Å²) >= 11 is 0. The minimum absolute atomic E-state index is 0.149. The summed E-state index contributed by atoms with van der Waals surface area (Å²) in [5.41, 5.74) is 0. The second kappa shape index (κ2) is 7.52. The summed E-state index contributed by atoms with van der Waals surface area (Å²) < 4.78 is 4.82. The van der Waals surface area contributed by atoms with Crippen molar-refractivity contribution in [3.05, 3.63) is 0 Å². The molecule has 0 amide bonds. The van der Waals surface area contributed by atoms with Crippen LogP contribution in [0.5, 0.6) is 0 Å². The van der Waals surface area contributed by atoms with E-state index >= 15 is 0 Å². The van der Waals surface area contributed by atoms with E-state index in [4.69, 9.17) is 4.74 Å². The Kier molecular flexibility index (Phi) is 6.33. The number of carbonyl (C=O) groups excluding carboxylic acids is 2. The third-order valence-electron chi connectivity index (χ3n) is 2.96. The second-order valence-electron chi connectivity index (χ2n) is 5.40. The molecule has 4 nitrogen and oxygen atoms in total. The van der Waals surface area contributed by atoms with Crippen LogP contribution in [-0.2, 0) is 14.3 Å². The van der Waals surface area contributed by atoms with Crippen molar-refractivity contribution in [2.24, 2.45) is 5.92 Å². The van der Waals surface area contributed by atoms with E-state index in [-0.39, 0.29) is 18.2 Å². The van der Waals surface area contributed by atoms with E-state index in [2.05, 4.69) is 18.7 Å². The third-order valence-corrected chi connectivity index (χ3v) is 2.96. The van der Waals surface area contributed by atoms with Gasteiger partial charge < -0.3 is 4.74 Å². The fourth-order valence-electron chi connectivity index (χ4n) is 2.03. The highest BCUT2D eigenvalue weighted by Crippen LogP contribution is 2.27. The SMILES string of the molecule is CCOC(=O)CCC(=O)CN(CC(C)C)C1CC1. The van der Waals surface area contributed by atoms with Crippen molar-refractivity contribution in [2.45, 2.75) is 52.5 Å². The molecule has 1 rings (SSSR count). The highest BCUT2D eigenvalue weighted by Gasteiger charge is 2.30. The van der Waals surface area contributed by atoms with Crippen molar-refractivity contribution >= 4 is 11.8 Å². The van der Waals surface area contributed by atoms with Gasteiger partial charge in [-0.1, -0.05) is 13.8 Å². The van der Waals surface area contributed by atoms with Crippen LogP contribution in [-0.4, -0.2) is 42.4 Å². The van der Waals surface area contributed by atoms with Gasteiger partial charge in [0.05, 0.1) is 19.6 Å². The Morgan fingerprint density at radius 3 is 2.44 bits per heavy atom. The van der Waals surface area contributed by atoms with Gasteiger partial charge in [-0.25, -0.2) is 0 Å². The molecule has 1 saturated carbocycles. The topological polar surface area (TPSA) is 46.6 Å². The van der Waals surface area contributed by atoms with E-state index in [0.717, 1.165) is 6.54 Å². The Bertz CT molecular complexity index is 285. The van der Waals surface area contributed by atoms with Gasteiger partial charge in [-0.2, -0.15) is 0 Å². The summed E-state index contributed by atoms with van der Waals surface area (Å²) in [6, 6.07) is 0.596. The molecule has 0 atom stereocenters. The van der Waals surface area contributed by atoms with Crippen LogP contribution in [0.3, 0.4) is 0 Å². The molecular formula is C14H25NO3. The zero-order valence-corrected chi connectivity index (χ0v) is 11.8. The fourth-order valence-corrected chi connectivity index (χ4v) is 2.03. The van der Waals surface area contributed by atoms with Crippen LogP contribution in [0.4, 0.5) is 0 Å². The normalized spacial score (nSPS) is 15.2. The molecule has 0 radical (unpaired) electrons. The number of hydrogen-bond donors (Lipinski definition) is 0. The van der Waals surface area contributed by atoms with Gasteiger partial charge in [-0.3, -0.25) is 14.5 Å². The number of Topliss-reactive ketones (excluding diaryl/α,β-unsaturated/α-hetero) is 1. The summed E-state index contributed by atoms with van der Waals surface area (Å²) in [7, 11) is 0. The van der Waals surface area contributed by atoms with Gasteiger partial charge in [0, 0.05) is 19.0 Å². The van der Waals surface area contributed by atoms with Crippen LogP contribution in [0.1, 0.15) is 46.5 Å². The van der Waals surface area contributed by atoms with Crippen LogP contribution in [0.15, 0.2) is 0 Å². The van der Waals surface area contributed by atoms with Crippen LogP contribution in [0.2, 0.25) is 0 Å². The van der Waals surface area contributed by atoms with Crippen molar-refractivity contribution < 1.29 is 14.3 Å². The maximum Gasteiger partial charge on any atom is 0.306 e. The molecule has 18 heavy (non-hydrogen) atoms. The van der Waals surface area contributed by atoms with Gasteiger partial charge in [0.15, 0.2) is 0 Å². The smallest absolute Gasteiger partial charge is 0.306 e. The molecule has 0 saturated heterocycles. The van der Waals surface area contributed by atoms with Crippen LogP contribution in [0.25, 0.3) is 0 Å². The molecule has 1 aliphatic carbocycles. The van der Waals surface area contributed by atoms with Crippen molar-refractivity contribution in [1.82, 2.24) is 4.90 Å². The fraction of sp³-hybridized carbons (Fsp3) is 0.857. The number of hydrogen-bond acceptors (Lipinski definition) is 4. The van der Waals surface area contributed by atoms with Gasteiger partial charge in [0.2, 0.25) is 0 Å². The molecule has 0 aromatic carbocycles. The largest absolute Gasteiger partial charge is 0.466 e. The molecule has 0 spiro atoms. The van der Waals surface area contributed by atoms with E-state index in [0.29, 0.717) is 31.5 Å². The lowest BCUT2D eigenvalue weighted by atomic mass is 10.1. The van der Waals surface area contributed by atoms with Gasteiger partial charge >= 0.3 is 5.97 Å². The minimum atomic E-state index is -0.271. The maximum absolute atomic E-state index is 11.8. The molecule has 1 aliphatic rings. The summed E-state index contributed by atoms with van der Waals surface area (Å²) in [5, 5.41) is 0. The second-order valence-corrected chi connectivity index (χ2v) is 5.40. The van der Waals surface area contributed by atoms with Gasteiger partial charge in [0.25, 0.3) is 0 Å². The van der Waals surface area contributed by atoms with Gasteiger partial charge in [0.1, 0.15) is 5.78 Å². The zero-order chi connectivity index (χ0) is 13.5. The van der Waals surface area contributed by atoms with Crippen molar-refractivity contribution in [3.63, 3.8) is 0 Å². The molecule has 0 aromatic rings. The molecular weight excluding hydrogens is 230 g/mol. The number of ketones is 1. The molecule has 4 heteroatoms. The quantitative estimate of drug-likeness (QED) is 0.591. The first-order valence-electron chi connectivity index (χ1n) is 6.94. The minimum Gasteiger partial charge on any atom is -0.466 e. The molecule has 104 valence electrons. The molecule has 1 fully saturated rings. The lowest BCUT2D eigenvalue weighted by Gasteiger charge is -2.23. The monoisotopic (exact) mass is 255 g/mol. The molecule has 0 unspecified atom stereocenters. The van der Waals surface area contributed by atoms with Crippen molar-refractivity contribution in [2.75, 3.05) is 19.7 Å². The van der Waals surface area contributed by atoms with E-state index in [1.165, 1.54) is 12.8 Å². The average molecular weight is 255 g/mol. The molecule has 0 heterocycles. The first-order chi connectivity index (χ1) is 8.52. The summed E-state index contributed by atoms with van der Waals surface area (Å²) in [6.45, 7) is 7.95. The zero-order valence-electron chi connectivity index (χ0n) is 11.8. The molecule has 0 bridgehead atoms. The maximum atomic E-state index is 11.8. The van der Waals surface area contributed by atoms with E-state index in [1.54, 1.807) is 6.92 Å². The molecule has 0 aliphatic heterocycles. The van der Waals surface area contributed by atoms with Crippen LogP contribution in [0, 0.1) is 5.92 Å². The van der Waals surface area contributed by atoms with Crippen molar-refractivity contribution in [3.8, 4) is 0 Å².